The molecule has 0 saturated carbocycles. The molecule has 0 radical (unpaired) electrons. The third-order valence-electron chi connectivity index (χ3n) is 6.65. The van der Waals surface area contributed by atoms with Gasteiger partial charge in [-0.3, -0.25) is 0 Å². The molecular weight excluding hydrogens is 376 g/mol. The fourth-order valence-electron chi connectivity index (χ4n) is 6.38. The maximum atomic E-state index is 7.22. The molecule has 2 aromatic rings. The van der Waals surface area contributed by atoms with Crippen molar-refractivity contribution in [3.05, 3.63) is 70.8 Å². The van der Waals surface area contributed by atoms with Crippen LogP contribution in [0, 0.1) is 24.7 Å². The number of hydrogen-bond donors (Lipinski definition) is 0. The van der Waals surface area contributed by atoms with Gasteiger partial charge in [0.1, 0.15) is 0 Å². The van der Waals surface area contributed by atoms with Crippen LogP contribution in [0.3, 0.4) is 0 Å². The van der Waals surface area contributed by atoms with Gasteiger partial charge in [-0.25, -0.2) is 0 Å². The maximum Gasteiger partial charge on any atom is 0.0707 e. The van der Waals surface area contributed by atoms with Gasteiger partial charge in [0.2, 0.25) is 0 Å². The number of benzene rings is 2. The van der Waals surface area contributed by atoms with Crippen molar-refractivity contribution in [3.8, 4) is 0 Å². The molecule has 2 atom stereocenters. The van der Waals surface area contributed by atoms with E-state index in [4.69, 9.17) is 4.74 Å². The topological polar surface area (TPSA) is 9.23 Å². The summed E-state index contributed by atoms with van der Waals surface area (Å²) in [5, 5.41) is 0. The fraction of sp³-hybridized carbons (Fsp3) is 0.600. The van der Waals surface area contributed by atoms with Crippen LogP contribution in [0.15, 0.2) is 48.5 Å². The first kappa shape index (κ1) is 25.7. The zero-order valence-corrected chi connectivity index (χ0v) is 22.2. The minimum absolute atomic E-state index is 0.0611. The van der Waals surface area contributed by atoms with E-state index in [2.05, 4.69) is 132 Å². The highest BCUT2D eigenvalue weighted by molar-refractivity contribution is 5.35. The van der Waals surface area contributed by atoms with Crippen LogP contribution in [0.5, 0.6) is 0 Å². The van der Waals surface area contributed by atoms with Gasteiger partial charge < -0.3 is 4.74 Å². The second kappa shape index (κ2) is 8.74. The lowest BCUT2D eigenvalue weighted by molar-refractivity contribution is -0.170. The van der Waals surface area contributed by atoms with Crippen LogP contribution in [-0.4, -0.2) is 11.2 Å². The first-order valence-electron chi connectivity index (χ1n) is 11.8. The summed E-state index contributed by atoms with van der Waals surface area (Å²) >= 11 is 0. The van der Waals surface area contributed by atoms with Crippen molar-refractivity contribution in [2.45, 2.75) is 106 Å². The van der Waals surface area contributed by atoms with Crippen LogP contribution in [0.1, 0.15) is 103 Å². The second-order valence-electron chi connectivity index (χ2n) is 12.6. The Balaban J connectivity index is 2.57. The van der Waals surface area contributed by atoms with Gasteiger partial charge in [0.15, 0.2) is 0 Å². The van der Waals surface area contributed by atoms with Gasteiger partial charge in [-0.1, -0.05) is 90.1 Å². The van der Waals surface area contributed by atoms with Gasteiger partial charge in [0, 0.05) is 11.8 Å². The highest BCUT2D eigenvalue weighted by Crippen LogP contribution is 2.52. The van der Waals surface area contributed by atoms with Gasteiger partial charge >= 0.3 is 0 Å². The van der Waals surface area contributed by atoms with Crippen molar-refractivity contribution < 1.29 is 4.74 Å². The lowest BCUT2D eigenvalue weighted by atomic mass is 9.65. The van der Waals surface area contributed by atoms with E-state index in [1.54, 1.807) is 0 Å². The SMILES string of the molecule is Cc1ccccc1C(C(C)(C)C)C(C)(C)OC(C)(C)C(c1ccccc1C)C(C)(C)C. The van der Waals surface area contributed by atoms with E-state index in [-0.39, 0.29) is 33.9 Å². The van der Waals surface area contributed by atoms with E-state index in [9.17, 15) is 0 Å². The normalized spacial score (nSPS) is 15.6. The number of rotatable bonds is 6. The number of aryl methyl sites for hydroxylation is 2. The van der Waals surface area contributed by atoms with Gasteiger partial charge in [-0.2, -0.15) is 0 Å². The molecule has 172 valence electrons. The lowest BCUT2D eigenvalue weighted by Gasteiger charge is -2.51. The van der Waals surface area contributed by atoms with Crippen molar-refractivity contribution in [1.29, 1.82) is 0 Å². The summed E-state index contributed by atoms with van der Waals surface area (Å²) in [4.78, 5) is 0. The van der Waals surface area contributed by atoms with Gasteiger partial charge in [-0.05, 0) is 74.6 Å². The van der Waals surface area contributed by atoms with Crippen molar-refractivity contribution in [1.82, 2.24) is 0 Å². The summed E-state index contributed by atoms with van der Waals surface area (Å²) in [6.07, 6.45) is 0. The summed E-state index contributed by atoms with van der Waals surface area (Å²) in [5.41, 5.74) is 4.88. The smallest absolute Gasteiger partial charge is 0.0707 e. The molecule has 1 heteroatoms. The summed E-state index contributed by atoms with van der Waals surface area (Å²) in [6.45, 7) is 27.6. The Kier molecular flexibility index (Phi) is 7.23. The number of ether oxygens (including phenoxy) is 1. The van der Waals surface area contributed by atoms with E-state index >= 15 is 0 Å². The highest BCUT2D eigenvalue weighted by Gasteiger charge is 2.48. The summed E-state index contributed by atoms with van der Waals surface area (Å²) < 4.78 is 7.22. The fourth-order valence-corrected chi connectivity index (χ4v) is 6.38. The molecule has 0 aliphatic rings. The van der Waals surface area contributed by atoms with Gasteiger partial charge in [0.05, 0.1) is 11.2 Å². The molecule has 2 aromatic carbocycles. The summed E-state index contributed by atoms with van der Waals surface area (Å²) in [7, 11) is 0. The molecule has 0 bridgehead atoms. The Morgan fingerprint density at radius 1 is 0.516 bits per heavy atom. The molecule has 0 amide bonds. The van der Waals surface area contributed by atoms with Crippen LogP contribution in [0.25, 0.3) is 0 Å². The number of hydrogen-bond acceptors (Lipinski definition) is 1. The third-order valence-corrected chi connectivity index (χ3v) is 6.65. The average Bonchev–Trinajstić information content (AvgIpc) is 2.55. The van der Waals surface area contributed by atoms with Crippen molar-refractivity contribution in [2.75, 3.05) is 0 Å². The lowest BCUT2D eigenvalue weighted by Crippen LogP contribution is -2.50. The van der Waals surface area contributed by atoms with Crippen molar-refractivity contribution >= 4 is 0 Å². The van der Waals surface area contributed by atoms with E-state index in [1.807, 2.05) is 0 Å². The molecule has 0 saturated heterocycles. The zero-order chi connectivity index (χ0) is 23.8. The zero-order valence-electron chi connectivity index (χ0n) is 22.2. The molecule has 2 rings (SSSR count). The average molecular weight is 423 g/mol. The highest BCUT2D eigenvalue weighted by atomic mass is 16.5. The third kappa shape index (κ3) is 5.80. The van der Waals surface area contributed by atoms with Crippen LogP contribution in [0.2, 0.25) is 0 Å². The predicted molar refractivity (Wildman–Crippen MR) is 136 cm³/mol. The minimum Gasteiger partial charge on any atom is -0.368 e. The molecule has 2 unspecified atom stereocenters. The predicted octanol–water partition coefficient (Wildman–Crippen LogP) is 8.84. The Morgan fingerprint density at radius 2 is 0.806 bits per heavy atom. The Bertz CT molecular complexity index is 800. The van der Waals surface area contributed by atoms with Crippen molar-refractivity contribution in [3.63, 3.8) is 0 Å². The molecule has 1 nitrogen and oxygen atoms in total. The van der Waals surface area contributed by atoms with Crippen LogP contribution in [-0.2, 0) is 4.74 Å². The Hall–Kier alpha value is -1.60. The standard InChI is InChI=1S/C30H46O/c1-21-17-13-15-19-23(21)25(27(3,4)5)29(9,10)31-30(11,12)26(28(6,7)8)24-20-16-14-18-22(24)2/h13-20,25-26H,1-12H3. The van der Waals surface area contributed by atoms with E-state index in [0.717, 1.165) is 0 Å². The van der Waals surface area contributed by atoms with E-state index in [1.165, 1.54) is 22.3 Å². The maximum absolute atomic E-state index is 7.22. The van der Waals surface area contributed by atoms with E-state index < -0.39 is 0 Å². The van der Waals surface area contributed by atoms with Crippen molar-refractivity contribution in [2.24, 2.45) is 10.8 Å². The van der Waals surface area contributed by atoms with E-state index in [0.29, 0.717) is 0 Å². The molecule has 0 spiro atoms. The summed E-state index contributed by atoms with van der Waals surface area (Å²) in [6, 6.07) is 17.6. The second-order valence-corrected chi connectivity index (χ2v) is 12.6. The van der Waals surface area contributed by atoms with Crippen LogP contribution in [0.4, 0.5) is 0 Å². The molecule has 0 aliphatic carbocycles. The molecular formula is C30H46O. The molecule has 0 heterocycles. The van der Waals surface area contributed by atoms with Gasteiger partial charge in [0.25, 0.3) is 0 Å². The largest absolute Gasteiger partial charge is 0.368 e. The Labute approximate surface area is 192 Å². The molecule has 0 N–H and O–H groups in total. The first-order chi connectivity index (χ1) is 14.0. The van der Waals surface area contributed by atoms with Gasteiger partial charge in [-0.15, -0.1) is 0 Å². The van der Waals surface area contributed by atoms with Crippen LogP contribution >= 0.6 is 0 Å². The molecule has 31 heavy (non-hydrogen) atoms. The van der Waals surface area contributed by atoms with Crippen LogP contribution < -0.4 is 0 Å². The quantitative estimate of drug-likeness (QED) is 0.452. The molecule has 0 aliphatic heterocycles. The summed E-state index contributed by atoms with van der Waals surface area (Å²) in [5.74, 6) is 0.524. The first-order valence-corrected chi connectivity index (χ1v) is 11.8. The monoisotopic (exact) mass is 422 g/mol. The Morgan fingerprint density at radius 3 is 1.06 bits per heavy atom. The minimum atomic E-state index is -0.347. The molecule has 0 fully saturated rings. The molecule has 0 aromatic heterocycles.